The van der Waals surface area contributed by atoms with E-state index in [-0.39, 0.29) is 30.6 Å². The molecule has 4 aromatic rings. The Morgan fingerprint density at radius 3 is 2.49 bits per heavy atom. The number of fused-ring (bicyclic) bond motifs is 1. The average Bonchev–Trinajstić information content (AvgIpc) is 3.39. The summed E-state index contributed by atoms with van der Waals surface area (Å²) >= 11 is 6.22. The van der Waals surface area contributed by atoms with E-state index in [9.17, 15) is 22.8 Å². The highest BCUT2D eigenvalue weighted by molar-refractivity contribution is 6.29. The first-order valence-corrected chi connectivity index (χ1v) is 15.0. The fourth-order valence-electron chi connectivity index (χ4n) is 6.26. The van der Waals surface area contributed by atoms with Crippen molar-refractivity contribution in [2.45, 2.75) is 46.0 Å². The lowest BCUT2D eigenvalue weighted by atomic mass is 9.98. The van der Waals surface area contributed by atoms with E-state index in [0.29, 0.717) is 40.8 Å². The first-order chi connectivity index (χ1) is 21.3. The van der Waals surface area contributed by atoms with Gasteiger partial charge >= 0.3 is 6.18 Å². The van der Waals surface area contributed by atoms with E-state index in [1.165, 1.54) is 12.0 Å². The van der Waals surface area contributed by atoms with Crippen molar-refractivity contribution in [1.82, 2.24) is 29.5 Å². The molecule has 1 fully saturated rings. The third-order valence-electron chi connectivity index (χ3n) is 8.46. The van der Waals surface area contributed by atoms with Gasteiger partial charge in [-0.2, -0.15) is 13.2 Å². The molecule has 0 spiro atoms. The minimum Gasteiger partial charge on any atom is -0.496 e. The van der Waals surface area contributed by atoms with Crippen molar-refractivity contribution in [2.24, 2.45) is 0 Å². The number of rotatable bonds is 8. The number of alkyl halides is 3. The first-order valence-electron chi connectivity index (χ1n) is 14.7. The van der Waals surface area contributed by atoms with Gasteiger partial charge in [0, 0.05) is 67.1 Å². The molecule has 0 aromatic carbocycles. The normalized spacial score (nSPS) is 16.1. The van der Waals surface area contributed by atoms with E-state index in [4.69, 9.17) is 16.3 Å². The number of carbonyl (C=O) groups excluding carboxylic acids is 1. The molecule has 2 atom stereocenters. The molecule has 5 rings (SSSR count). The van der Waals surface area contributed by atoms with E-state index in [0.717, 1.165) is 27.9 Å². The lowest BCUT2D eigenvalue weighted by Crippen LogP contribution is -2.49. The summed E-state index contributed by atoms with van der Waals surface area (Å²) in [6, 6.07) is 8.14. The van der Waals surface area contributed by atoms with E-state index in [1.54, 1.807) is 32.2 Å². The van der Waals surface area contributed by atoms with E-state index in [1.807, 2.05) is 42.6 Å². The summed E-state index contributed by atoms with van der Waals surface area (Å²) < 4.78 is 46.5. The van der Waals surface area contributed by atoms with Gasteiger partial charge in [0.1, 0.15) is 10.9 Å². The van der Waals surface area contributed by atoms with Crippen LogP contribution in [0.15, 0.2) is 47.5 Å². The lowest BCUT2D eigenvalue weighted by Gasteiger charge is -2.39. The topological polar surface area (TPSA) is 95.0 Å². The Morgan fingerprint density at radius 2 is 1.84 bits per heavy atom. The summed E-state index contributed by atoms with van der Waals surface area (Å²) in [7, 11) is 1.47. The molecule has 1 aliphatic rings. The lowest BCUT2D eigenvalue weighted by molar-refractivity contribution is -0.149. The molecule has 5 heterocycles. The monoisotopic (exact) mass is 644 g/mol. The van der Waals surface area contributed by atoms with Crippen LogP contribution in [0.2, 0.25) is 5.15 Å². The molecule has 4 aromatic heterocycles. The molecule has 13 heteroatoms. The Morgan fingerprint density at radius 1 is 1.13 bits per heavy atom. The molecule has 2 unspecified atom stereocenters. The number of nitrogens with one attached hydrogen (secondary N) is 2. The van der Waals surface area contributed by atoms with Gasteiger partial charge in [-0.3, -0.25) is 19.4 Å². The summed E-state index contributed by atoms with van der Waals surface area (Å²) in [6.07, 6.45) is -0.708. The van der Waals surface area contributed by atoms with Gasteiger partial charge in [-0.05, 0) is 69.2 Å². The highest BCUT2D eigenvalue weighted by Crippen LogP contribution is 2.35. The quantitative estimate of drug-likeness (QED) is 0.239. The van der Waals surface area contributed by atoms with E-state index < -0.39 is 18.8 Å². The SMILES string of the molecule is COc1cc(C)[nH]c(=O)c1C(C)NC(=O)c1cc2c(-c3ccnc(Cl)c3)ccn2c(C(C)N2CCN(CC(F)(F)F)CC2)c1C. The zero-order valence-electron chi connectivity index (χ0n) is 25.8. The minimum absolute atomic E-state index is 0.230. The first kappa shape index (κ1) is 32.5. The van der Waals surface area contributed by atoms with Crippen LogP contribution in [-0.2, 0) is 0 Å². The molecular weight excluding hydrogens is 609 g/mol. The molecule has 0 bridgehead atoms. The maximum atomic E-state index is 14.0. The van der Waals surface area contributed by atoms with Crippen molar-refractivity contribution in [2.75, 3.05) is 39.8 Å². The van der Waals surface area contributed by atoms with Crippen LogP contribution >= 0.6 is 11.6 Å². The van der Waals surface area contributed by atoms with Crippen molar-refractivity contribution < 1.29 is 22.7 Å². The van der Waals surface area contributed by atoms with Gasteiger partial charge < -0.3 is 19.4 Å². The van der Waals surface area contributed by atoms with Gasteiger partial charge in [-0.25, -0.2) is 4.98 Å². The van der Waals surface area contributed by atoms with Crippen molar-refractivity contribution in [3.05, 3.63) is 86.3 Å². The summed E-state index contributed by atoms with van der Waals surface area (Å²) in [5, 5.41) is 3.31. The molecule has 1 amide bonds. The van der Waals surface area contributed by atoms with Gasteiger partial charge in [-0.15, -0.1) is 0 Å². The van der Waals surface area contributed by atoms with Crippen LogP contribution in [0.3, 0.4) is 0 Å². The van der Waals surface area contributed by atoms with Gasteiger partial charge in [0.05, 0.1) is 30.8 Å². The largest absolute Gasteiger partial charge is 0.496 e. The molecule has 9 nitrogen and oxygen atoms in total. The van der Waals surface area contributed by atoms with Gasteiger partial charge in [0.25, 0.3) is 11.5 Å². The predicted octanol–water partition coefficient (Wildman–Crippen LogP) is 5.70. The molecular formula is C32H36ClF3N6O3. The van der Waals surface area contributed by atoms with Crippen molar-refractivity contribution in [1.29, 1.82) is 0 Å². The average molecular weight is 645 g/mol. The number of halogens is 4. The predicted molar refractivity (Wildman–Crippen MR) is 167 cm³/mol. The Kier molecular flexibility index (Phi) is 9.29. The summed E-state index contributed by atoms with van der Waals surface area (Å²) in [5.41, 5.74) is 4.96. The molecule has 1 aliphatic heterocycles. The molecule has 0 saturated carbocycles. The number of aromatic nitrogens is 3. The third-order valence-corrected chi connectivity index (χ3v) is 8.67. The highest BCUT2D eigenvalue weighted by Gasteiger charge is 2.34. The second-order valence-corrected chi connectivity index (χ2v) is 11.9. The minimum atomic E-state index is -4.25. The maximum absolute atomic E-state index is 14.0. The summed E-state index contributed by atoms with van der Waals surface area (Å²) in [5.74, 6) is -0.00784. The molecule has 240 valence electrons. The van der Waals surface area contributed by atoms with Crippen LogP contribution in [0, 0.1) is 13.8 Å². The zero-order valence-corrected chi connectivity index (χ0v) is 26.5. The number of hydrogen-bond acceptors (Lipinski definition) is 6. The second kappa shape index (κ2) is 12.9. The van der Waals surface area contributed by atoms with Gasteiger partial charge in [0.2, 0.25) is 0 Å². The van der Waals surface area contributed by atoms with Gasteiger partial charge in [0.15, 0.2) is 0 Å². The number of nitrogens with zero attached hydrogens (tertiary/aromatic N) is 4. The number of piperazine rings is 1. The standard InChI is InChI=1S/C32H36ClF3N6O3/c1-18-14-26(45-5)28(31(44)38-18)20(3)39-30(43)24-16-25-23(22-6-8-37-27(33)15-22)7-9-42(25)29(19(24)2)21(4)41-12-10-40(11-13-41)17-32(34,35)36/h6-9,14-16,20-21H,10-13,17H2,1-5H3,(H,38,44)(H,39,43). The highest BCUT2D eigenvalue weighted by atomic mass is 35.5. The number of aryl methyl sites for hydroxylation is 1. The molecule has 0 aliphatic carbocycles. The van der Waals surface area contributed by atoms with Gasteiger partial charge in [-0.1, -0.05) is 11.6 Å². The van der Waals surface area contributed by atoms with E-state index in [2.05, 4.69) is 20.2 Å². The smallest absolute Gasteiger partial charge is 0.401 e. The van der Waals surface area contributed by atoms with Crippen molar-refractivity contribution >= 4 is 23.0 Å². The fourth-order valence-corrected chi connectivity index (χ4v) is 6.43. The Labute approximate surface area is 264 Å². The Hall–Kier alpha value is -3.87. The van der Waals surface area contributed by atoms with Crippen LogP contribution in [0.4, 0.5) is 13.2 Å². The molecule has 1 saturated heterocycles. The van der Waals surface area contributed by atoms with Crippen molar-refractivity contribution in [3.8, 4) is 16.9 Å². The maximum Gasteiger partial charge on any atom is 0.401 e. The summed E-state index contributed by atoms with van der Waals surface area (Å²) in [4.78, 5) is 37.3. The van der Waals surface area contributed by atoms with Crippen LogP contribution in [0.5, 0.6) is 5.75 Å². The number of methoxy groups -OCH3 is 1. The number of amides is 1. The number of ether oxygens (including phenoxy) is 1. The van der Waals surface area contributed by atoms with Crippen LogP contribution in [0.1, 0.15) is 58.8 Å². The van der Waals surface area contributed by atoms with E-state index >= 15 is 0 Å². The van der Waals surface area contributed by atoms with Crippen molar-refractivity contribution in [3.63, 3.8) is 0 Å². The van der Waals surface area contributed by atoms with Crippen LogP contribution < -0.4 is 15.6 Å². The van der Waals surface area contributed by atoms with Crippen LogP contribution in [0.25, 0.3) is 16.6 Å². The summed E-state index contributed by atoms with van der Waals surface area (Å²) in [6.45, 7) is 7.85. The molecule has 2 N–H and O–H groups in total. The number of pyridine rings is 3. The Bertz CT molecular complexity index is 1780. The fraction of sp³-hybridized carbons (Fsp3) is 0.406. The number of hydrogen-bond donors (Lipinski definition) is 2. The number of carbonyl (C=O) groups is 1. The zero-order chi connectivity index (χ0) is 32.6. The molecule has 45 heavy (non-hydrogen) atoms. The number of aromatic amines is 1. The molecule has 0 radical (unpaired) electrons. The van der Waals surface area contributed by atoms with Crippen LogP contribution in [-0.4, -0.2) is 76.1 Å². The number of H-pyrrole nitrogens is 1. The Balaban J connectivity index is 1.55. The second-order valence-electron chi connectivity index (χ2n) is 11.5. The third kappa shape index (κ3) is 6.87.